The molecule has 1 N–H and O–H groups in total. The van der Waals surface area contributed by atoms with E-state index < -0.39 is 0 Å². The molecule has 0 saturated carbocycles. The fraction of sp³-hybridized carbons (Fsp3) is 0.381. The second kappa shape index (κ2) is 8.28. The predicted octanol–water partition coefficient (Wildman–Crippen LogP) is 3.11. The summed E-state index contributed by atoms with van der Waals surface area (Å²) in [6.45, 7) is 7.93. The highest BCUT2D eigenvalue weighted by Gasteiger charge is 2.23. The first-order valence-electron chi connectivity index (χ1n) is 8.87. The Hall–Kier alpha value is -2.17. The van der Waals surface area contributed by atoms with Crippen molar-refractivity contribution in [2.45, 2.75) is 19.9 Å². The van der Waals surface area contributed by atoms with Crippen molar-refractivity contribution in [3.05, 3.63) is 70.8 Å². The summed E-state index contributed by atoms with van der Waals surface area (Å²) in [5, 5.41) is 3.13. The van der Waals surface area contributed by atoms with Crippen molar-refractivity contribution in [3.8, 4) is 0 Å². The Kier molecular flexibility index (Phi) is 5.84. The number of carbonyl (C=O) groups is 1. The Bertz CT molecular complexity index is 723. The molecule has 0 spiro atoms. The zero-order valence-corrected chi connectivity index (χ0v) is 15.0. The predicted molar refractivity (Wildman–Crippen MR) is 99.8 cm³/mol. The topological polar surface area (TPSA) is 41.6 Å². The summed E-state index contributed by atoms with van der Waals surface area (Å²) in [5.41, 5.74) is 4.22. The normalized spacial score (nSPS) is 16.4. The van der Waals surface area contributed by atoms with Gasteiger partial charge in [-0.3, -0.25) is 9.69 Å². The van der Waals surface area contributed by atoms with Crippen LogP contribution in [0.1, 0.15) is 33.1 Å². The van der Waals surface area contributed by atoms with Gasteiger partial charge in [-0.1, -0.05) is 48.0 Å². The number of nitrogens with one attached hydrogen (secondary N) is 1. The zero-order valence-electron chi connectivity index (χ0n) is 15.0. The van der Waals surface area contributed by atoms with Gasteiger partial charge in [-0.25, -0.2) is 0 Å². The molecule has 4 heteroatoms. The molecule has 0 radical (unpaired) electrons. The minimum absolute atomic E-state index is 0.0102. The van der Waals surface area contributed by atoms with Crippen molar-refractivity contribution in [1.82, 2.24) is 10.2 Å². The molecule has 1 amide bonds. The Balaban J connectivity index is 1.75. The second-order valence-electron chi connectivity index (χ2n) is 6.60. The third kappa shape index (κ3) is 4.47. The second-order valence-corrected chi connectivity index (χ2v) is 6.60. The Labute approximate surface area is 149 Å². The lowest BCUT2D eigenvalue weighted by Crippen LogP contribution is -2.43. The third-order valence-corrected chi connectivity index (χ3v) is 4.76. The molecule has 4 nitrogen and oxygen atoms in total. The number of nitrogens with zero attached hydrogens (tertiary/aromatic N) is 1. The van der Waals surface area contributed by atoms with Crippen molar-refractivity contribution >= 4 is 5.91 Å². The van der Waals surface area contributed by atoms with Gasteiger partial charge in [0, 0.05) is 25.2 Å². The van der Waals surface area contributed by atoms with Crippen molar-refractivity contribution in [2.24, 2.45) is 0 Å². The lowest BCUT2D eigenvalue weighted by Gasteiger charge is -2.35. The first-order valence-corrected chi connectivity index (χ1v) is 8.87. The van der Waals surface area contributed by atoms with Crippen molar-refractivity contribution < 1.29 is 9.53 Å². The molecule has 2 aromatic rings. The van der Waals surface area contributed by atoms with Gasteiger partial charge in [-0.2, -0.15) is 0 Å². The number of rotatable bonds is 5. The zero-order chi connectivity index (χ0) is 17.6. The maximum Gasteiger partial charge on any atom is 0.251 e. The first-order chi connectivity index (χ1) is 12.1. The van der Waals surface area contributed by atoms with Crippen LogP contribution in [0.3, 0.4) is 0 Å². The molecule has 1 aliphatic heterocycles. The molecule has 0 bridgehead atoms. The minimum Gasteiger partial charge on any atom is -0.379 e. The van der Waals surface area contributed by atoms with Crippen LogP contribution in [0.4, 0.5) is 0 Å². The number of hydrogen-bond donors (Lipinski definition) is 1. The molecular formula is C21H26N2O2. The Morgan fingerprint density at radius 2 is 1.88 bits per heavy atom. The fourth-order valence-corrected chi connectivity index (χ4v) is 3.34. The van der Waals surface area contributed by atoms with E-state index in [0.717, 1.165) is 37.4 Å². The highest BCUT2D eigenvalue weighted by atomic mass is 16.5. The van der Waals surface area contributed by atoms with E-state index in [4.69, 9.17) is 4.74 Å². The van der Waals surface area contributed by atoms with Crippen LogP contribution >= 0.6 is 0 Å². The Morgan fingerprint density at radius 3 is 2.60 bits per heavy atom. The molecule has 2 aromatic carbocycles. The number of amides is 1. The van der Waals surface area contributed by atoms with Crippen molar-refractivity contribution in [3.63, 3.8) is 0 Å². The van der Waals surface area contributed by atoms with Crippen LogP contribution < -0.4 is 5.32 Å². The summed E-state index contributed by atoms with van der Waals surface area (Å²) >= 11 is 0. The number of morpholine rings is 1. The van der Waals surface area contributed by atoms with Crippen molar-refractivity contribution in [1.29, 1.82) is 0 Å². The molecule has 1 heterocycles. The van der Waals surface area contributed by atoms with Crippen LogP contribution in [-0.2, 0) is 4.74 Å². The number of benzene rings is 2. The monoisotopic (exact) mass is 338 g/mol. The number of ether oxygens (including phenoxy) is 1. The molecule has 1 fully saturated rings. The molecule has 1 aliphatic rings. The van der Waals surface area contributed by atoms with Gasteiger partial charge in [0.1, 0.15) is 0 Å². The van der Waals surface area contributed by atoms with E-state index >= 15 is 0 Å². The van der Waals surface area contributed by atoms with Gasteiger partial charge in [0.2, 0.25) is 0 Å². The van der Waals surface area contributed by atoms with Gasteiger partial charge in [-0.15, -0.1) is 0 Å². The minimum atomic E-state index is -0.0102. The highest BCUT2D eigenvalue weighted by molar-refractivity contribution is 5.95. The van der Waals surface area contributed by atoms with E-state index in [1.165, 1.54) is 11.1 Å². The first kappa shape index (κ1) is 17.6. The van der Waals surface area contributed by atoms with Gasteiger partial charge < -0.3 is 10.1 Å². The Morgan fingerprint density at radius 1 is 1.12 bits per heavy atom. The largest absolute Gasteiger partial charge is 0.379 e. The van der Waals surface area contributed by atoms with E-state index in [1.54, 1.807) is 0 Å². The molecule has 1 atom stereocenters. The summed E-state index contributed by atoms with van der Waals surface area (Å²) in [7, 11) is 0. The molecule has 0 aromatic heterocycles. The summed E-state index contributed by atoms with van der Waals surface area (Å²) in [4.78, 5) is 15.0. The van der Waals surface area contributed by atoms with E-state index in [2.05, 4.69) is 41.4 Å². The molecule has 0 aliphatic carbocycles. The van der Waals surface area contributed by atoms with Crippen LogP contribution in [0.15, 0.2) is 48.5 Å². The van der Waals surface area contributed by atoms with Crippen LogP contribution in [0.25, 0.3) is 0 Å². The smallest absolute Gasteiger partial charge is 0.251 e. The van der Waals surface area contributed by atoms with Crippen LogP contribution in [0.2, 0.25) is 0 Å². The highest BCUT2D eigenvalue weighted by Crippen LogP contribution is 2.22. The third-order valence-electron chi connectivity index (χ3n) is 4.76. The SMILES string of the molecule is Cc1cccc([C@@H](CNC(=O)c2ccccc2C)N2CCOCC2)c1. The molecule has 25 heavy (non-hydrogen) atoms. The van der Waals surface area contributed by atoms with Gasteiger partial charge >= 0.3 is 0 Å². The van der Waals surface area contributed by atoms with E-state index in [0.29, 0.717) is 6.54 Å². The number of carbonyl (C=O) groups excluding carboxylic acids is 1. The van der Waals surface area contributed by atoms with E-state index in [1.807, 2.05) is 31.2 Å². The number of hydrogen-bond acceptors (Lipinski definition) is 3. The summed E-state index contributed by atoms with van der Waals surface area (Å²) in [6.07, 6.45) is 0. The van der Waals surface area contributed by atoms with Gasteiger partial charge in [-0.05, 0) is 31.0 Å². The fourth-order valence-electron chi connectivity index (χ4n) is 3.34. The maximum absolute atomic E-state index is 12.6. The lowest BCUT2D eigenvalue weighted by molar-refractivity contribution is 0.0162. The van der Waals surface area contributed by atoms with Gasteiger partial charge in [0.15, 0.2) is 0 Å². The standard InChI is InChI=1S/C21H26N2O2/c1-16-6-5-8-18(14-16)20(23-10-12-25-13-11-23)15-22-21(24)19-9-4-3-7-17(19)2/h3-9,14,20H,10-13,15H2,1-2H3,(H,22,24)/t20-/m1/s1. The average molecular weight is 338 g/mol. The molecular weight excluding hydrogens is 312 g/mol. The van der Waals surface area contributed by atoms with Crippen LogP contribution in [0, 0.1) is 13.8 Å². The number of aryl methyl sites for hydroxylation is 2. The molecule has 1 saturated heterocycles. The van der Waals surface area contributed by atoms with Crippen molar-refractivity contribution in [2.75, 3.05) is 32.8 Å². The molecule has 132 valence electrons. The average Bonchev–Trinajstić information content (AvgIpc) is 2.63. The summed E-state index contributed by atoms with van der Waals surface area (Å²) in [5.74, 6) is -0.0102. The van der Waals surface area contributed by atoms with Gasteiger partial charge in [0.25, 0.3) is 5.91 Å². The van der Waals surface area contributed by atoms with Crippen LogP contribution in [0.5, 0.6) is 0 Å². The summed E-state index contributed by atoms with van der Waals surface area (Å²) < 4.78 is 5.49. The molecule has 3 rings (SSSR count). The van der Waals surface area contributed by atoms with E-state index in [9.17, 15) is 4.79 Å². The lowest BCUT2D eigenvalue weighted by atomic mass is 10.0. The maximum atomic E-state index is 12.6. The molecule has 0 unspecified atom stereocenters. The summed E-state index contributed by atoms with van der Waals surface area (Å²) in [6, 6.07) is 16.4. The van der Waals surface area contributed by atoms with Gasteiger partial charge in [0.05, 0.1) is 19.3 Å². The van der Waals surface area contributed by atoms with E-state index in [-0.39, 0.29) is 11.9 Å². The van der Waals surface area contributed by atoms with Crippen LogP contribution in [-0.4, -0.2) is 43.7 Å². The quantitative estimate of drug-likeness (QED) is 0.911.